The monoisotopic (exact) mass is 332 g/mol. The minimum atomic E-state index is 0.294. The van der Waals surface area contributed by atoms with E-state index in [1.54, 1.807) is 12.1 Å². The predicted octanol–water partition coefficient (Wildman–Crippen LogP) is 6.37. The van der Waals surface area contributed by atoms with Gasteiger partial charge >= 0.3 is 0 Å². The SMILES string of the molecule is CC(C)(C)CCCCc1cc(O)cc(CCCCC2(C)CC2)c1O. The van der Waals surface area contributed by atoms with Gasteiger partial charge in [0.1, 0.15) is 11.5 Å². The normalized spacial score (nSPS) is 16.3. The van der Waals surface area contributed by atoms with E-state index in [1.165, 1.54) is 32.1 Å². The van der Waals surface area contributed by atoms with Gasteiger partial charge in [-0.2, -0.15) is 0 Å². The summed E-state index contributed by atoms with van der Waals surface area (Å²) in [6.45, 7) is 9.16. The summed E-state index contributed by atoms with van der Waals surface area (Å²) in [5, 5.41) is 20.5. The fraction of sp³-hybridized carbons (Fsp3) is 0.727. The molecule has 0 bridgehead atoms. The molecule has 1 aliphatic carbocycles. The molecule has 2 rings (SSSR count). The van der Waals surface area contributed by atoms with Crippen molar-refractivity contribution in [1.82, 2.24) is 0 Å². The van der Waals surface area contributed by atoms with Gasteiger partial charge in [0.05, 0.1) is 0 Å². The van der Waals surface area contributed by atoms with Gasteiger partial charge in [0.15, 0.2) is 0 Å². The maximum Gasteiger partial charge on any atom is 0.122 e. The molecule has 24 heavy (non-hydrogen) atoms. The molecule has 1 aliphatic rings. The Labute approximate surface area is 148 Å². The minimum Gasteiger partial charge on any atom is -0.508 e. The summed E-state index contributed by atoms with van der Waals surface area (Å²) in [6, 6.07) is 3.48. The Hall–Kier alpha value is -1.18. The van der Waals surface area contributed by atoms with E-state index in [9.17, 15) is 10.2 Å². The van der Waals surface area contributed by atoms with Gasteiger partial charge in [0.2, 0.25) is 0 Å². The second-order valence-corrected chi connectivity index (χ2v) is 9.40. The van der Waals surface area contributed by atoms with Gasteiger partial charge in [-0.15, -0.1) is 0 Å². The van der Waals surface area contributed by atoms with E-state index in [0.717, 1.165) is 43.2 Å². The Kier molecular flexibility index (Phi) is 6.22. The number of aryl methyl sites for hydroxylation is 2. The van der Waals surface area contributed by atoms with Crippen molar-refractivity contribution in [2.24, 2.45) is 10.8 Å². The van der Waals surface area contributed by atoms with Gasteiger partial charge in [0.25, 0.3) is 0 Å². The Morgan fingerprint density at radius 1 is 0.917 bits per heavy atom. The van der Waals surface area contributed by atoms with Crippen LogP contribution in [0.5, 0.6) is 11.5 Å². The molecule has 0 heterocycles. The van der Waals surface area contributed by atoms with Crippen molar-refractivity contribution in [1.29, 1.82) is 0 Å². The molecule has 0 unspecified atom stereocenters. The van der Waals surface area contributed by atoms with E-state index < -0.39 is 0 Å². The van der Waals surface area contributed by atoms with Crippen LogP contribution >= 0.6 is 0 Å². The highest BCUT2D eigenvalue weighted by Crippen LogP contribution is 2.49. The molecule has 136 valence electrons. The number of hydrogen-bond acceptors (Lipinski definition) is 2. The van der Waals surface area contributed by atoms with Crippen LogP contribution in [0.25, 0.3) is 0 Å². The van der Waals surface area contributed by atoms with Crippen LogP contribution in [-0.4, -0.2) is 10.2 Å². The molecule has 0 aliphatic heterocycles. The Bertz CT molecular complexity index is 501. The molecule has 1 aromatic carbocycles. The maximum atomic E-state index is 10.5. The first-order valence-corrected chi connectivity index (χ1v) is 9.72. The number of aromatic hydroxyl groups is 2. The summed E-state index contributed by atoms with van der Waals surface area (Å²) < 4.78 is 0. The molecule has 0 atom stereocenters. The average molecular weight is 333 g/mol. The summed E-state index contributed by atoms with van der Waals surface area (Å²) in [4.78, 5) is 0. The zero-order chi connectivity index (χ0) is 17.8. The van der Waals surface area contributed by atoms with Crippen LogP contribution in [0.2, 0.25) is 0 Å². The first-order valence-electron chi connectivity index (χ1n) is 9.72. The van der Waals surface area contributed by atoms with Crippen LogP contribution in [0.3, 0.4) is 0 Å². The molecule has 2 heteroatoms. The first-order chi connectivity index (χ1) is 11.2. The van der Waals surface area contributed by atoms with Crippen molar-refractivity contribution in [2.75, 3.05) is 0 Å². The van der Waals surface area contributed by atoms with Crippen LogP contribution in [0, 0.1) is 10.8 Å². The summed E-state index contributed by atoms with van der Waals surface area (Å²) in [6.07, 6.45) is 11.5. The van der Waals surface area contributed by atoms with E-state index in [-0.39, 0.29) is 0 Å². The number of hydrogen-bond donors (Lipinski definition) is 2. The van der Waals surface area contributed by atoms with Gasteiger partial charge in [-0.1, -0.05) is 40.5 Å². The van der Waals surface area contributed by atoms with Crippen molar-refractivity contribution >= 4 is 0 Å². The third-order valence-electron chi connectivity index (χ3n) is 5.46. The fourth-order valence-corrected chi connectivity index (χ4v) is 3.42. The lowest BCUT2D eigenvalue weighted by molar-refractivity contribution is 0.359. The molecule has 1 saturated carbocycles. The number of phenolic OH excluding ortho intramolecular Hbond substituents is 2. The summed E-state index contributed by atoms with van der Waals surface area (Å²) in [7, 11) is 0. The molecule has 1 fully saturated rings. The quantitative estimate of drug-likeness (QED) is 0.407. The zero-order valence-electron chi connectivity index (χ0n) is 16.1. The topological polar surface area (TPSA) is 40.5 Å². The molecule has 0 radical (unpaired) electrons. The second-order valence-electron chi connectivity index (χ2n) is 9.40. The lowest BCUT2D eigenvalue weighted by atomic mass is 9.89. The second kappa shape index (κ2) is 7.80. The smallest absolute Gasteiger partial charge is 0.122 e. The Balaban J connectivity index is 1.83. The molecule has 0 amide bonds. The molecule has 2 N–H and O–H groups in total. The Morgan fingerprint density at radius 2 is 1.46 bits per heavy atom. The lowest BCUT2D eigenvalue weighted by Crippen LogP contribution is -2.04. The van der Waals surface area contributed by atoms with Gasteiger partial charge < -0.3 is 10.2 Å². The number of rotatable bonds is 9. The first kappa shape index (κ1) is 19.1. The maximum absolute atomic E-state index is 10.5. The fourth-order valence-electron chi connectivity index (χ4n) is 3.42. The van der Waals surface area contributed by atoms with Gasteiger partial charge in [-0.3, -0.25) is 0 Å². The molecule has 0 spiro atoms. The number of phenols is 2. The van der Waals surface area contributed by atoms with Crippen LogP contribution < -0.4 is 0 Å². The molecular weight excluding hydrogens is 296 g/mol. The van der Waals surface area contributed by atoms with Crippen molar-refractivity contribution in [3.05, 3.63) is 23.3 Å². The van der Waals surface area contributed by atoms with E-state index in [4.69, 9.17) is 0 Å². The van der Waals surface area contributed by atoms with E-state index in [2.05, 4.69) is 27.7 Å². The van der Waals surface area contributed by atoms with Crippen LogP contribution in [0.1, 0.15) is 90.2 Å². The van der Waals surface area contributed by atoms with Crippen molar-refractivity contribution in [3.8, 4) is 11.5 Å². The van der Waals surface area contributed by atoms with Gasteiger partial charge in [-0.05, 0) is 85.5 Å². The standard InChI is InChI=1S/C22H36O2/c1-21(2,3)11-7-5-9-17-15-19(23)16-18(20(17)24)10-6-8-12-22(4)13-14-22/h15-16,23-24H,5-14H2,1-4H3. The summed E-state index contributed by atoms with van der Waals surface area (Å²) in [5.74, 6) is 0.712. The van der Waals surface area contributed by atoms with Gasteiger partial charge in [-0.25, -0.2) is 0 Å². The molecule has 0 saturated heterocycles. The van der Waals surface area contributed by atoms with Crippen molar-refractivity contribution in [3.63, 3.8) is 0 Å². The minimum absolute atomic E-state index is 0.294. The van der Waals surface area contributed by atoms with E-state index >= 15 is 0 Å². The third-order valence-corrected chi connectivity index (χ3v) is 5.46. The molecular formula is C22H36O2. The van der Waals surface area contributed by atoms with Crippen LogP contribution in [0.15, 0.2) is 12.1 Å². The van der Waals surface area contributed by atoms with Crippen molar-refractivity contribution in [2.45, 2.75) is 91.9 Å². The van der Waals surface area contributed by atoms with E-state index in [0.29, 0.717) is 22.3 Å². The third kappa shape index (κ3) is 6.37. The highest BCUT2D eigenvalue weighted by Gasteiger charge is 2.35. The molecule has 2 nitrogen and oxygen atoms in total. The summed E-state index contributed by atoms with van der Waals surface area (Å²) in [5.41, 5.74) is 2.80. The summed E-state index contributed by atoms with van der Waals surface area (Å²) >= 11 is 0. The number of unbranched alkanes of at least 4 members (excludes halogenated alkanes) is 2. The highest BCUT2D eigenvalue weighted by molar-refractivity contribution is 5.46. The average Bonchev–Trinajstić information content (AvgIpc) is 3.21. The van der Waals surface area contributed by atoms with Crippen LogP contribution in [-0.2, 0) is 12.8 Å². The largest absolute Gasteiger partial charge is 0.508 e. The molecule has 0 aromatic heterocycles. The zero-order valence-corrected chi connectivity index (χ0v) is 16.1. The predicted molar refractivity (Wildman–Crippen MR) is 102 cm³/mol. The highest BCUT2D eigenvalue weighted by atomic mass is 16.3. The lowest BCUT2D eigenvalue weighted by Gasteiger charge is -2.18. The van der Waals surface area contributed by atoms with E-state index in [1.807, 2.05) is 0 Å². The number of benzene rings is 1. The van der Waals surface area contributed by atoms with Crippen molar-refractivity contribution < 1.29 is 10.2 Å². The van der Waals surface area contributed by atoms with Gasteiger partial charge in [0, 0.05) is 0 Å². The molecule has 1 aromatic rings. The van der Waals surface area contributed by atoms with Crippen LogP contribution in [0.4, 0.5) is 0 Å². The Morgan fingerprint density at radius 3 is 1.96 bits per heavy atom.